The van der Waals surface area contributed by atoms with Gasteiger partial charge in [0.2, 0.25) is 0 Å². The SMILES string of the molecule is Cc1cc(COc2ccc(S(=O)(=O)C=CC=C3CCOCC3)cc2)c2ccccc2n1. The molecule has 0 saturated carbocycles. The Morgan fingerprint density at radius 2 is 1.81 bits per heavy atom. The Bertz CT molecular complexity index is 1220. The molecule has 0 bridgehead atoms. The van der Waals surface area contributed by atoms with Crippen LogP contribution in [0.1, 0.15) is 24.1 Å². The van der Waals surface area contributed by atoms with E-state index in [1.165, 1.54) is 11.0 Å². The lowest BCUT2D eigenvalue weighted by Crippen LogP contribution is -2.06. The van der Waals surface area contributed by atoms with Crippen LogP contribution >= 0.6 is 0 Å². The summed E-state index contributed by atoms with van der Waals surface area (Å²) in [5.41, 5.74) is 4.12. The monoisotopic (exact) mass is 435 g/mol. The molecule has 0 spiro atoms. The number of nitrogens with zero attached hydrogens (tertiary/aromatic N) is 1. The van der Waals surface area contributed by atoms with Crippen LogP contribution in [0.2, 0.25) is 0 Å². The van der Waals surface area contributed by atoms with Crippen LogP contribution in [0.3, 0.4) is 0 Å². The molecule has 1 aliphatic rings. The highest BCUT2D eigenvalue weighted by Gasteiger charge is 2.11. The minimum atomic E-state index is -3.50. The minimum Gasteiger partial charge on any atom is -0.489 e. The summed E-state index contributed by atoms with van der Waals surface area (Å²) < 4.78 is 36.3. The second-order valence-electron chi connectivity index (χ2n) is 7.51. The van der Waals surface area contributed by atoms with E-state index in [0.29, 0.717) is 25.6 Å². The average Bonchev–Trinajstić information content (AvgIpc) is 2.78. The number of fused-ring (bicyclic) bond motifs is 1. The maximum absolute atomic E-state index is 12.6. The van der Waals surface area contributed by atoms with Crippen molar-refractivity contribution in [2.24, 2.45) is 0 Å². The quantitative estimate of drug-likeness (QED) is 0.536. The molecule has 4 rings (SSSR count). The molecule has 0 amide bonds. The van der Waals surface area contributed by atoms with Gasteiger partial charge in [0.05, 0.1) is 23.6 Å². The fourth-order valence-corrected chi connectivity index (χ4v) is 4.52. The first-order chi connectivity index (χ1) is 15.0. The van der Waals surface area contributed by atoms with Gasteiger partial charge in [0.15, 0.2) is 9.84 Å². The van der Waals surface area contributed by atoms with E-state index >= 15 is 0 Å². The first kappa shape index (κ1) is 21.3. The summed E-state index contributed by atoms with van der Waals surface area (Å²) in [7, 11) is -3.50. The molecule has 1 aromatic heterocycles. The number of hydrogen-bond acceptors (Lipinski definition) is 5. The topological polar surface area (TPSA) is 65.5 Å². The highest BCUT2D eigenvalue weighted by Crippen LogP contribution is 2.22. The highest BCUT2D eigenvalue weighted by molar-refractivity contribution is 7.94. The predicted molar refractivity (Wildman–Crippen MR) is 122 cm³/mol. The Hall–Kier alpha value is -2.96. The number of aryl methyl sites for hydroxylation is 1. The average molecular weight is 436 g/mol. The van der Waals surface area contributed by atoms with Crippen molar-refractivity contribution < 1.29 is 17.9 Å². The Morgan fingerprint density at radius 3 is 2.58 bits per heavy atom. The van der Waals surface area contributed by atoms with E-state index in [1.807, 2.05) is 43.3 Å². The van der Waals surface area contributed by atoms with E-state index in [-0.39, 0.29) is 4.90 Å². The van der Waals surface area contributed by atoms with Crippen molar-refractivity contribution >= 4 is 20.7 Å². The summed E-state index contributed by atoms with van der Waals surface area (Å²) in [5.74, 6) is 0.616. The maximum Gasteiger partial charge on any atom is 0.199 e. The second-order valence-corrected chi connectivity index (χ2v) is 9.34. The van der Waals surface area contributed by atoms with E-state index in [9.17, 15) is 8.42 Å². The van der Waals surface area contributed by atoms with E-state index < -0.39 is 9.84 Å². The van der Waals surface area contributed by atoms with Crippen LogP contribution in [0, 0.1) is 6.92 Å². The van der Waals surface area contributed by atoms with Gasteiger partial charge < -0.3 is 9.47 Å². The van der Waals surface area contributed by atoms with Crippen molar-refractivity contribution in [3.05, 3.63) is 89.0 Å². The summed E-state index contributed by atoms with van der Waals surface area (Å²) in [6.45, 7) is 3.74. The molecule has 5 nitrogen and oxygen atoms in total. The highest BCUT2D eigenvalue weighted by atomic mass is 32.2. The zero-order valence-electron chi connectivity index (χ0n) is 17.5. The number of hydrogen-bond donors (Lipinski definition) is 0. The lowest BCUT2D eigenvalue weighted by molar-refractivity contribution is 0.119. The van der Waals surface area contributed by atoms with Gasteiger partial charge in [0.1, 0.15) is 12.4 Å². The van der Waals surface area contributed by atoms with E-state index in [0.717, 1.165) is 35.0 Å². The van der Waals surface area contributed by atoms with Gasteiger partial charge in [-0.3, -0.25) is 4.98 Å². The van der Waals surface area contributed by atoms with Gasteiger partial charge in [-0.1, -0.05) is 35.9 Å². The number of aromatic nitrogens is 1. The first-order valence-corrected chi connectivity index (χ1v) is 11.8. The molecule has 0 N–H and O–H groups in total. The molecule has 3 aromatic rings. The number of allylic oxidation sites excluding steroid dienone is 2. The predicted octanol–water partition coefficient (Wildman–Crippen LogP) is 5.15. The van der Waals surface area contributed by atoms with Crippen molar-refractivity contribution in [2.75, 3.05) is 13.2 Å². The van der Waals surface area contributed by atoms with Crippen LogP contribution in [0.15, 0.2) is 82.6 Å². The standard InChI is InChI=1S/C25H25NO4S/c1-19-17-21(24-6-2-3-7-25(24)26-19)18-30-22-8-10-23(11-9-22)31(27,28)16-4-5-20-12-14-29-15-13-20/h2-11,16-17H,12-15,18H2,1H3. The van der Waals surface area contributed by atoms with Crippen molar-refractivity contribution in [1.29, 1.82) is 0 Å². The van der Waals surface area contributed by atoms with Gasteiger partial charge in [-0.05, 0) is 56.2 Å². The number of sulfone groups is 1. The lowest BCUT2D eigenvalue weighted by atomic mass is 10.1. The van der Waals surface area contributed by atoms with Crippen LogP contribution < -0.4 is 4.74 Å². The maximum atomic E-state index is 12.6. The number of ether oxygens (including phenoxy) is 2. The van der Waals surface area contributed by atoms with Gasteiger partial charge in [-0.2, -0.15) is 0 Å². The van der Waals surface area contributed by atoms with Gasteiger partial charge in [-0.25, -0.2) is 8.42 Å². The summed E-state index contributed by atoms with van der Waals surface area (Å²) in [5, 5.41) is 2.30. The number of rotatable bonds is 6. The second kappa shape index (κ2) is 9.45. The summed E-state index contributed by atoms with van der Waals surface area (Å²) in [6.07, 6.45) is 5.18. The fraction of sp³-hybridized carbons (Fsp3) is 0.240. The minimum absolute atomic E-state index is 0.242. The molecule has 6 heteroatoms. The number of para-hydroxylation sites is 1. The van der Waals surface area contributed by atoms with Crippen LogP contribution in [0.5, 0.6) is 5.75 Å². The Morgan fingerprint density at radius 1 is 1.06 bits per heavy atom. The molecule has 0 unspecified atom stereocenters. The smallest absolute Gasteiger partial charge is 0.199 e. The number of benzene rings is 2. The third kappa shape index (κ3) is 5.40. The molecular formula is C25H25NO4S. The van der Waals surface area contributed by atoms with E-state index in [1.54, 1.807) is 30.3 Å². The van der Waals surface area contributed by atoms with Crippen molar-refractivity contribution in [2.45, 2.75) is 31.3 Å². The summed E-state index contributed by atoms with van der Waals surface area (Å²) >= 11 is 0. The van der Waals surface area contributed by atoms with Gasteiger partial charge >= 0.3 is 0 Å². The Kier molecular flexibility index (Phi) is 6.49. The van der Waals surface area contributed by atoms with Crippen LogP contribution in [0.25, 0.3) is 10.9 Å². The molecule has 31 heavy (non-hydrogen) atoms. The molecule has 0 radical (unpaired) electrons. The molecule has 2 aromatic carbocycles. The molecule has 160 valence electrons. The summed E-state index contributed by atoms with van der Waals surface area (Å²) in [6, 6.07) is 16.5. The number of pyridine rings is 1. The zero-order chi connectivity index (χ0) is 21.7. The Labute approximate surface area is 183 Å². The van der Waals surface area contributed by atoms with Gasteiger partial charge in [-0.15, -0.1) is 0 Å². The van der Waals surface area contributed by atoms with E-state index in [2.05, 4.69) is 4.98 Å². The van der Waals surface area contributed by atoms with Crippen molar-refractivity contribution in [1.82, 2.24) is 4.98 Å². The third-order valence-corrected chi connectivity index (χ3v) is 6.65. The summed E-state index contributed by atoms with van der Waals surface area (Å²) in [4.78, 5) is 4.79. The molecule has 0 atom stereocenters. The molecule has 1 saturated heterocycles. The van der Waals surface area contributed by atoms with Gasteiger partial charge in [0.25, 0.3) is 0 Å². The Balaban J connectivity index is 1.44. The molecule has 0 aliphatic carbocycles. The molecular weight excluding hydrogens is 410 g/mol. The van der Waals surface area contributed by atoms with Crippen molar-refractivity contribution in [3.8, 4) is 5.75 Å². The fourth-order valence-electron chi connectivity index (χ4n) is 3.56. The van der Waals surface area contributed by atoms with Crippen LogP contribution in [-0.4, -0.2) is 26.6 Å². The normalized spacial score (nSPS) is 14.8. The van der Waals surface area contributed by atoms with Crippen LogP contribution in [0.4, 0.5) is 0 Å². The van der Waals surface area contributed by atoms with E-state index in [4.69, 9.17) is 9.47 Å². The molecule has 1 fully saturated rings. The van der Waals surface area contributed by atoms with Crippen LogP contribution in [-0.2, 0) is 21.2 Å². The van der Waals surface area contributed by atoms with Crippen molar-refractivity contribution in [3.63, 3.8) is 0 Å². The third-order valence-electron chi connectivity index (χ3n) is 5.20. The zero-order valence-corrected chi connectivity index (χ0v) is 18.3. The largest absolute Gasteiger partial charge is 0.489 e. The molecule has 1 aliphatic heterocycles. The van der Waals surface area contributed by atoms with Gasteiger partial charge in [0, 0.05) is 22.1 Å². The first-order valence-electron chi connectivity index (χ1n) is 10.3. The lowest BCUT2D eigenvalue weighted by Gasteiger charge is -2.13. The molecule has 2 heterocycles.